The quantitative estimate of drug-likeness (QED) is 0.667. The van der Waals surface area contributed by atoms with Crippen molar-refractivity contribution >= 4 is 29.4 Å². The van der Waals surface area contributed by atoms with E-state index in [0.717, 1.165) is 5.56 Å². The highest BCUT2D eigenvalue weighted by molar-refractivity contribution is 6.30. The molecule has 138 valence electrons. The lowest BCUT2D eigenvalue weighted by Crippen LogP contribution is -2.42. The van der Waals surface area contributed by atoms with Crippen molar-refractivity contribution in [3.63, 3.8) is 0 Å². The zero-order chi connectivity index (χ0) is 18.8. The van der Waals surface area contributed by atoms with Crippen LogP contribution in [0.2, 0.25) is 5.02 Å². The molecular formula is C17H23ClN2O5. The SMILES string of the molecule is CCNC(=O)CN(CC)C(=O)COC(=O)COc1ccc(Cl)cc1C. The fourth-order valence-electron chi connectivity index (χ4n) is 1.99. The molecular weight excluding hydrogens is 348 g/mol. The topological polar surface area (TPSA) is 84.9 Å². The standard InChI is InChI=1S/C17H23ClN2O5/c1-4-19-15(21)9-20(5-2)16(22)10-25-17(23)11-24-14-7-6-13(18)8-12(14)3/h6-8H,4-5,9-11H2,1-3H3,(H,19,21). The van der Waals surface area contributed by atoms with E-state index in [9.17, 15) is 14.4 Å². The minimum Gasteiger partial charge on any atom is -0.482 e. The Balaban J connectivity index is 2.41. The highest BCUT2D eigenvalue weighted by Gasteiger charge is 2.17. The van der Waals surface area contributed by atoms with Gasteiger partial charge in [-0.1, -0.05) is 11.6 Å². The summed E-state index contributed by atoms with van der Waals surface area (Å²) in [5.74, 6) is -0.855. The molecule has 25 heavy (non-hydrogen) atoms. The van der Waals surface area contributed by atoms with Crippen LogP contribution in [0.3, 0.4) is 0 Å². The van der Waals surface area contributed by atoms with E-state index in [4.69, 9.17) is 21.1 Å². The summed E-state index contributed by atoms with van der Waals surface area (Å²) < 4.78 is 10.2. The van der Waals surface area contributed by atoms with Crippen molar-refractivity contribution in [2.45, 2.75) is 20.8 Å². The van der Waals surface area contributed by atoms with Crippen molar-refractivity contribution in [2.75, 3.05) is 32.8 Å². The molecule has 0 radical (unpaired) electrons. The Labute approximate surface area is 152 Å². The van der Waals surface area contributed by atoms with E-state index in [2.05, 4.69) is 5.32 Å². The summed E-state index contributed by atoms with van der Waals surface area (Å²) in [5.41, 5.74) is 0.787. The van der Waals surface area contributed by atoms with E-state index < -0.39 is 18.5 Å². The molecule has 0 fully saturated rings. The summed E-state index contributed by atoms with van der Waals surface area (Å²) >= 11 is 5.85. The van der Waals surface area contributed by atoms with Crippen molar-refractivity contribution in [1.82, 2.24) is 10.2 Å². The summed E-state index contributed by atoms with van der Waals surface area (Å²) in [6, 6.07) is 5.02. The highest BCUT2D eigenvalue weighted by atomic mass is 35.5. The third-order valence-corrected chi connectivity index (χ3v) is 3.52. The summed E-state index contributed by atoms with van der Waals surface area (Å²) in [6.45, 7) is 5.34. The molecule has 0 spiro atoms. The molecule has 0 saturated heterocycles. The van der Waals surface area contributed by atoms with Gasteiger partial charge in [-0.25, -0.2) is 4.79 Å². The first-order valence-corrected chi connectivity index (χ1v) is 8.34. The third-order valence-electron chi connectivity index (χ3n) is 3.28. The van der Waals surface area contributed by atoms with Crippen LogP contribution in [0.4, 0.5) is 0 Å². The molecule has 0 heterocycles. The summed E-state index contributed by atoms with van der Waals surface area (Å²) in [5, 5.41) is 3.18. The maximum Gasteiger partial charge on any atom is 0.344 e. The number of nitrogens with zero attached hydrogens (tertiary/aromatic N) is 1. The Morgan fingerprint density at radius 1 is 1.20 bits per heavy atom. The largest absolute Gasteiger partial charge is 0.482 e. The van der Waals surface area contributed by atoms with Crippen LogP contribution in [0.5, 0.6) is 5.75 Å². The number of esters is 1. The lowest BCUT2D eigenvalue weighted by atomic mass is 10.2. The number of ether oxygens (including phenoxy) is 2. The summed E-state index contributed by atoms with van der Waals surface area (Å²) in [4.78, 5) is 36.5. The first-order chi connectivity index (χ1) is 11.9. The van der Waals surface area contributed by atoms with Gasteiger partial charge < -0.3 is 19.7 Å². The Hall–Kier alpha value is -2.28. The lowest BCUT2D eigenvalue weighted by Gasteiger charge is -2.20. The zero-order valence-electron chi connectivity index (χ0n) is 14.6. The van der Waals surface area contributed by atoms with Crippen molar-refractivity contribution in [1.29, 1.82) is 0 Å². The Bertz CT molecular complexity index is 621. The number of halogens is 1. The maximum absolute atomic E-state index is 12.0. The smallest absolute Gasteiger partial charge is 0.344 e. The molecule has 0 aliphatic carbocycles. The van der Waals surface area contributed by atoms with Crippen LogP contribution in [-0.2, 0) is 19.1 Å². The molecule has 0 unspecified atom stereocenters. The van der Waals surface area contributed by atoms with E-state index in [1.54, 1.807) is 39.0 Å². The molecule has 1 rings (SSSR count). The number of hydrogen-bond acceptors (Lipinski definition) is 5. The number of benzene rings is 1. The number of aryl methyl sites for hydroxylation is 1. The number of hydrogen-bond donors (Lipinski definition) is 1. The molecule has 0 aromatic heterocycles. The number of carbonyl (C=O) groups excluding carboxylic acids is 3. The minimum atomic E-state index is -0.670. The molecule has 0 bridgehead atoms. The second kappa shape index (κ2) is 10.6. The van der Waals surface area contributed by atoms with Gasteiger partial charge in [-0.15, -0.1) is 0 Å². The molecule has 2 amide bonds. The molecule has 0 aliphatic rings. The zero-order valence-corrected chi connectivity index (χ0v) is 15.4. The second-order valence-electron chi connectivity index (χ2n) is 5.22. The molecule has 1 aromatic rings. The monoisotopic (exact) mass is 370 g/mol. The average Bonchev–Trinajstić information content (AvgIpc) is 2.57. The first-order valence-electron chi connectivity index (χ1n) is 7.96. The molecule has 7 nitrogen and oxygen atoms in total. The molecule has 0 saturated carbocycles. The Morgan fingerprint density at radius 2 is 1.92 bits per heavy atom. The summed E-state index contributed by atoms with van der Waals surface area (Å²) in [7, 11) is 0. The number of nitrogens with one attached hydrogen (secondary N) is 1. The molecule has 1 aromatic carbocycles. The Kier molecular flexibility index (Phi) is 8.77. The van der Waals surface area contributed by atoms with Crippen molar-refractivity contribution < 1.29 is 23.9 Å². The number of amides is 2. The van der Waals surface area contributed by atoms with E-state index in [-0.39, 0.29) is 19.1 Å². The van der Waals surface area contributed by atoms with Gasteiger partial charge in [0.15, 0.2) is 13.2 Å². The van der Waals surface area contributed by atoms with Gasteiger partial charge in [0.25, 0.3) is 5.91 Å². The van der Waals surface area contributed by atoms with E-state index in [1.165, 1.54) is 4.90 Å². The molecule has 1 N–H and O–H groups in total. The van der Waals surface area contributed by atoms with Crippen LogP contribution in [0.25, 0.3) is 0 Å². The van der Waals surface area contributed by atoms with Gasteiger partial charge in [0.1, 0.15) is 5.75 Å². The Morgan fingerprint density at radius 3 is 2.52 bits per heavy atom. The van der Waals surface area contributed by atoms with E-state index in [1.807, 2.05) is 0 Å². The minimum absolute atomic E-state index is 0.0683. The highest BCUT2D eigenvalue weighted by Crippen LogP contribution is 2.21. The van der Waals surface area contributed by atoms with Crippen LogP contribution in [0.15, 0.2) is 18.2 Å². The van der Waals surface area contributed by atoms with Gasteiger partial charge in [0.05, 0.1) is 6.54 Å². The average molecular weight is 371 g/mol. The van der Waals surface area contributed by atoms with Crippen LogP contribution in [0.1, 0.15) is 19.4 Å². The molecule has 0 atom stereocenters. The van der Waals surface area contributed by atoms with Gasteiger partial charge >= 0.3 is 5.97 Å². The summed E-state index contributed by atoms with van der Waals surface area (Å²) in [6.07, 6.45) is 0. The van der Waals surface area contributed by atoms with Crippen LogP contribution >= 0.6 is 11.6 Å². The van der Waals surface area contributed by atoms with Gasteiger partial charge in [-0.2, -0.15) is 0 Å². The van der Waals surface area contributed by atoms with Crippen LogP contribution in [-0.4, -0.2) is 55.5 Å². The van der Waals surface area contributed by atoms with E-state index in [0.29, 0.717) is 23.9 Å². The van der Waals surface area contributed by atoms with E-state index >= 15 is 0 Å². The maximum atomic E-state index is 12.0. The van der Waals surface area contributed by atoms with Gasteiger partial charge in [0.2, 0.25) is 5.91 Å². The fraction of sp³-hybridized carbons (Fsp3) is 0.471. The number of carbonyl (C=O) groups is 3. The normalized spacial score (nSPS) is 10.1. The lowest BCUT2D eigenvalue weighted by molar-refractivity contribution is -0.154. The van der Waals surface area contributed by atoms with Gasteiger partial charge in [-0.3, -0.25) is 9.59 Å². The molecule has 0 aliphatic heterocycles. The fourth-order valence-corrected chi connectivity index (χ4v) is 2.22. The third kappa shape index (κ3) is 7.43. The van der Waals surface area contributed by atoms with Gasteiger partial charge in [-0.05, 0) is 44.5 Å². The first kappa shape index (κ1) is 20.8. The predicted molar refractivity (Wildman–Crippen MR) is 93.6 cm³/mol. The molecule has 8 heteroatoms. The van der Waals surface area contributed by atoms with Crippen LogP contribution in [0, 0.1) is 6.92 Å². The number of likely N-dealkylation sites (N-methyl/N-ethyl adjacent to an activating group) is 2. The van der Waals surface area contributed by atoms with Crippen LogP contribution < -0.4 is 10.1 Å². The van der Waals surface area contributed by atoms with Crippen molar-refractivity contribution in [3.8, 4) is 5.75 Å². The van der Waals surface area contributed by atoms with Crippen molar-refractivity contribution in [3.05, 3.63) is 28.8 Å². The number of rotatable bonds is 9. The van der Waals surface area contributed by atoms with Gasteiger partial charge in [0, 0.05) is 18.1 Å². The second-order valence-corrected chi connectivity index (χ2v) is 5.66. The predicted octanol–water partition coefficient (Wildman–Crippen LogP) is 1.56. The van der Waals surface area contributed by atoms with Crippen molar-refractivity contribution in [2.24, 2.45) is 0 Å².